The van der Waals surface area contributed by atoms with E-state index >= 15 is 0 Å². The maximum absolute atomic E-state index is 5.24. The van der Waals surface area contributed by atoms with Gasteiger partial charge in [0.15, 0.2) is 5.82 Å². The van der Waals surface area contributed by atoms with E-state index in [0.717, 1.165) is 56.0 Å². The van der Waals surface area contributed by atoms with Crippen molar-refractivity contribution < 1.29 is 0 Å². The van der Waals surface area contributed by atoms with Crippen molar-refractivity contribution in [2.24, 2.45) is 0 Å². The van der Waals surface area contributed by atoms with Gasteiger partial charge in [-0.2, -0.15) is 0 Å². The predicted octanol–water partition coefficient (Wildman–Crippen LogP) is 12.8. The van der Waals surface area contributed by atoms with Crippen LogP contribution in [0.2, 0.25) is 0 Å². The van der Waals surface area contributed by atoms with E-state index in [1.807, 2.05) is 30.5 Å². The molecular formula is C49H31N3. The lowest BCUT2D eigenvalue weighted by Gasteiger charge is -2.16. The second-order valence-corrected chi connectivity index (χ2v) is 13.3. The lowest BCUT2D eigenvalue weighted by atomic mass is 9.88. The van der Waals surface area contributed by atoms with E-state index < -0.39 is 0 Å². The van der Waals surface area contributed by atoms with Crippen LogP contribution >= 0.6 is 0 Å². The van der Waals surface area contributed by atoms with Gasteiger partial charge in [0.1, 0.15) is 0 Å². The first-order valence-corrected chi connectivity index (χ1v) is 17.6. The molecule has 242 valence electrons. The quantitative estimate of drug-likeness (QED) is 0.166. The molecule has 3 heteroatoms. The number of nitrogens with zero attached hydrogens (tertiary/aromatic N) is 3. The number of pyridine rings is 1. The molecule has 3 nitrogen and oxygen atoms in total. The SMILES string of the molecule is c1ccc(-c2cc(-c3ccccc3)nc(-c3cc(-c4cccc(-c5ccccn5)c4)cc(-c4ccc5ccc6cccc7ccc4c5c67)c3)n2)cc1. The number of rotatable bonds is 6. The molecule has 52 heavy (non-hydrogen) atoms. The molecule has 0 bridgehead atoms. The van der Waals surface area contributed by atoms with Gasteiger partial charge in [-0.15, -0.1) is 0 Å². The highest BCUT2D eigenvalue weighted by molar-refractivity contribution is 6.25. The Kier molecular flexibility index (Phi) is 7.14. The number of aromatic nitrogens is 3. The van der Waals surface area contributed by atoms with Gasteiger partial charge in [0.25, 0.3) is 0 Å². The largest absolute Gasteiger partial charge is 0.256 e. The van der Waals surface area contributed by atoms with Gasteiger partial charge in [-0.05, 0) is 97.0 Å². The molecule has 0 saturated heterocycles. The summed E-state index contributed by atoms with van der Waals surface area (Å²) < 4.78 is 0. The minimum Gasteiger partial charge on any atom is -0.256 e. The van der Waals surface area contributed by atoms with Crippen LogP contribution in [0.3, 0.4) is 0 Å². The van der Waals surface area contributed by atoms with Crippen LogP contribution in [0.1, 0.15) is 0 Å². The summed E-state index contributed by atoms with van der Waals surface area (Å²) in [5.41, 5.74) is 11.3. The molecule has 0 spiro atoms. The Balaban J connectivity index is 1.23. The van der Waals surface area contributed by atoms with Crippen LogP contribution in [0.5, 0.6) is 0 Å². The Labute approximate surface area is 301 Å². The van der Waals surface area contributed by atoms with E-state index in [1.165, 1.54) is 37.9 Å². The minimum absolute atomic E-state index is 0.682. The molecule has 0 unspecified atom stereocenters. The molecule has 2 heterocycles. The van der Waals surface area contributed by atoms with Gasteiger partial charge in [0.2, 0.25) is 0 Å². The van der Waals surface area contributed by atoms with Crippen LogP contribution in [0, 0.1) is 0 Å². The van der Waals surface area contributed by atoms with Gasteiger partial charge >= 0.3 is 0 Å². The monoisotopic (exact) mass is 661 g/mol. The normalized spacial score (nSPS) is 11.5. The lowest BCUT2D eigenvalue weighted by molar-refractivity contribution is 1.18. The van der Waals surface area contributed by atoms with Crippen LogP contribution in [0.15, 0.2) is 188 Å². The first-order chi connectivity index (χ1) is 25.7. The fourth-order valence-corrected chi connectivity index (χ4v) is 7.55. The van der Waals surface area contributed by atoms with Crippen LogP contribution in [-0.2, 0) is 0 Å². The van der Waals surface area contributed by atoms with E-state index in [9.17, 15) is 0 Å². The van der Waals surface area contributed by atoms with Gasteiger partial charge in [0.05, 0.1) is 17.1 Å². The molecule has 0 saturated carbocycles. The second kappa shape index (κ2) is 12.4. The maximum Gasteiger partial charge on any atom is 0.160 e. The van der Waals surface area contributed by atoms with Crippen molar-refractivity contribution in [2.75, 3.05) is 0 Å². The Morgan fingerprint density at radius 1 is 0.308 bits per heavy atom. The van der Waals surface area contributed by atoms with Gasteiger partial charge in [-0.25, -0.2) is 9.97 Å². The van der Waals surface area contributed by atoms with Crippen molar-refractivity contribution in [1.82, 2.24) is 15.0 Å². The minimum atomic E-state index is 0.682. The van der Waals surface area contributed by atoms with Gasteiger partial charge in [-0.3, -0.25) is 4.98 Å². The number of benzene rings is 8. The Morgan fingerprint density at radius 3 is 1.58 bits per heavy atom. The third-order valence-electron chi connectivity index (χ3n) is 10.1. The molecule has 10 aromatic rings. The maximum atomic E-state index is 5.24. The number of hydrogen-bond acceptors (Lipinski definition) is 3. The Bertz CT molecular complexity index is 2810. The molecule has 0 fully saturated rings. The van der Waals surface area contributed by atoms with E-state index in [-0.39, 0.29) is 0 Å². The molecule has 0 aliphatic carbocycles. The standard InChI is InChI=1S/C49H31N3/c1-3-11-32(12-4-1)45-31-46(33-13-5-2-6-14-33)52-49(51-45)41-29-39(37-17-10-18-38(27-37)44-19-7-8-26-50-44)28-40(30-41)42-24-22-36-21-20-34-15-9-16-35-23-25-43(42)48(36)47(34)35/h1-31H. The third kappa shape index (κ3) is 5.28. The van der Waals surface area contributed by atoms with Crippen molar-refractivity contribution in [2.45, 2.75) is 0 Å². The van der Waals surface area contributed by atoms with Crippen molar-refractivity contribution >= 4 is 32.3 Å². The molecule has 0 radical (unpaired) electrons. The summed E-state index contributed by atoms with van der Waals surface area (Å²) in [6.45, 7) is 0. The summed E-state index contributed by atoms with van der Waals surface area (Å²) >= 11 is 0. The smallest absolute Gasteiger partial charge is 0.160 e. The Morgan fingerprint density at radius 2 is 0.865 bits per heavy atom. The summed E-state index contributed by atoms with van der Waals surface area (Å²) in [5.74, 6) is 0.682. The predicted molar refractivity (Wildman–Crippen MR) is 216 cm³/mol. The zero-order chi connectivity index (χ0) is 34.4. The van der Waals surface area contributed by atoms with Crippen molar-refractivity contribution in [3.05, 3.63) is 188 Å². The molecular weight excluding hydrogens is 631 g/mol. The fraction of sp³-hybridized carbons (Fsp3) is 0. The molecule has 0 atom stereocenters. The molecule has 0 N–H and O–H groups in total. The third-order valence-corrected chi connectivity index (χ3v) is 10.1. The zero-order valence-corrected chi connectivity index (χ0v) is 28.2. The van der Waals surface area contributed by atoms with Crippen molar-refractivity contribution in [3.63, 3.8) is 0 Å². The summed E-state index contributed by atoms with van der Waals surface area (Å²) in [6, 6.07) is 64.4. The average molecular weight is 662 g/mol. The summed E-state index contributed by atoms with van der Waals surface area (Å²) in [5, 5.41) is 7.60. The Hall–Kier alpha value is -6.97. The lowest BCUT2D eigenvalue weighted by Crippen LogP contribution is -1.97. The topological polar surface area (TPSA) is 38.7 Å². The van der Waals surface area contributed by atoms with E-state index in [0.29, 0.717) is 5.82 Å². The van der Waals surface area contributed by atoms with Gasteiger partial charge in [0, 0.05) is 28.5 Å². The molecule has 8 aromatic carbocycles. The fourth-order valence-electron chi connectivity index (χ4n) is 7.55. The zero-order valence-electron chi connectivity index (χ0n) is 28.2. The van der Waals surface area contributed by atoms with Crippen LogP contribution < -0.4 is 0 Å². The number of hydrogen-bond donors (Lipinski definition) is 0. The van der Waals surface area contributed by atoms with E-state index in [4.69, 9.17) is 9.97 Å². The summed E-state index contributed by atoms with van der Waals surface area (Å²) in [4.78, 5) is 15.1. The van der Waals surface area contributed by atoms with Crippen LogP contribution in [0.4, 0.5) is 0 Å². The first-order valence-electron chi connectivity index (χ1n) is 17.6. The van der Waals surface area contributed by atoms with E-state index in [2.05, 4.69) is 163 Å². The molecule has 2 aromatic heterocycles. The van der Waals surface area contributed by atoms with Crippen LogP contribution in [0.25, 0.3) is 99.7 Å². The average Bonchev–Trinajstić information content (AvgIpc) is 3.23. The van der Waals surface area contributed by atoms with Gasteiger partial charge in [-0.1, -0.05) is 140 Å². The summed E-state index contributed by atoms with van der Waals surface area (Å²) in [6.07, 6.45) is 1.84. The van der Waals surface area contributed by atoms with Gasteiger partial charge < -0.3 is 0 Å². The highest BCUT2D eigenvalue weighted by Crippen LogP contribution is 2.42. The molecule has 0 aliphatic heterocycles. The molecule has 0 aliphatic rings. The highest BCUT2D eigenvalue weighted by Gasteiger charge is 2.17. The molecule has 0 amide bonds. The molecule has 10 rings (SSSR count). The van der Waals surface area contributed by atoms with Crippen molar-refractivity contribution in [1.29, 1.82) is 0 Å². The van der Waals surface area contributed by atoms with Crippen molar-refractivity contribution in [3.8, 4) is 67.4 Å². The summed E-state index contributed by atoms with van der Waals surface area (Å²) in [7, 11) is 0. The van der Waals surface area contributed by atoms with E-state index in [1.54, 1.807) is 0 Å². The second-order valence-electron chi connectivity index (χ2n) is 13.3. The highest BCUT2D eigenvalue weighted by atomic mass is 14.9. The first kappa shape index (κ1) is 29.9. The van der Waals surface area contributed by atoms with Crippen LogP contribution in [-0.4, -0.2) is 15.0 Å².